The maximum Gasteiger partial charge on any atom is 0.255 e. The SMILES string of the molecule is COCCOc1cccc(NC(=O)CNc2ccc(NC(=O)c3cccc(C)c3)cc2)c1. The second-order valence-electron chi connectivity index (χ2n) is 7.17. The van der Waals surface area contributed by atoms with Crippen LogP contribution in [0.25, 0.3) is 0 Å². The number of hydrogen-bond acceptors (Lipinski definition) is 5. The number of amides is 2. The number of carbonyl (C=O) groups excluding carboxylic acids is 2. The molecule has 3 N–H and O–H groups in total. The van der Waals surface area contributed by atoms with Gasteiger partial charge in [-0.3, -0.25) is 9.59 Å². The average molecular weight is 434 g/mol. The van der Waals surface area contributed by atoms with Crippen molar-refractivity contribution in [3.63, 3.8) is 0 Å². The number of anilines is 3. The second kappa shape index (κ2) is 11.5. The summed E-state index contributed by atoms with van der Waals surface area (Å²) in [7, 11) is 1.61. The monoisotopic (exact) mass is 433 g/mol. The molecule has 0 radical (unpaired) electrons. The molecule has 7 heteroatoms. The van der Waals surface area contributed by atoms with Crippen LogP contribution in [0.5, 0.6) is 5.75 Å². The minimum Gasteiger partial charge on any atom is -0.491 e. The fourth-order valence-electron chi connectivity index (χ4n) is 2.95. The number of carbonyl (C=O) groups is 2. The Morgan fingerprint density at radius 1 is 0.812 bits per heavy atom. The first-order chi connectivity index (χ1) is 15.5. The zero-order chi connectivity index (χ0) is 22.8. The summed E-state index contributed by atoms with van der Waals surface area (Å²) in [6.07, 6.45) is 0. The fraction of sp³-hybridized carbons (Fsp3) is 0.200. The maximum atomic E-state index is 12.3. The summed E-state index contributed by atoms with van der Waals surface area (Å²) >= 11 is 0. The summed E-state index contributed by atoms with van der Waals surface area (Å²) < 4.78 is 10.5. The van der Waals surface area contributed by atoms with Crippen molar-refractivity contribution in [2.45, 2.75) is 6.92 Å². The van der Waals surface area contributed by atoms with Crippen LogP contribution in [0, 0.1) is 6.92 Å². The molecule has 0 aromatic heterocycles. The maximum absolute atomic E-state index is 12.3. The highest BCUT2D eigenvalue weighted by Gasteiger charge is 2.07. The van der Waals surface area contributed by atoms with Gasteiger partial charge < -0.3 is 25.4 Å². The zero-order valence-corrected chi connectivity index (χ0v) is 18.2. The Hall–Kier alpha value is -3.84. The summed E-state index contributed by atoms with van der Waals surface area (Å²) in [6, 6.07) is 21.8. The van der Waals surface area contributed by atoms with Gasteiger partial charge in [-0.25, -0.2) is 0 Å². The van der Waals surface area contributed by atoms with Gasteiger partial charge in [0.05, 0.1) is 13.2 Å². The van der Waals surface area contributed by atoms with Crippen LogP contribution in [-0.4, -0.2) is 38.7 Å². The highest BCUT2D eigenvalue weighted by Crippen LogP contribution is 2.18. The molecule has 0 heterocycles. The van der Waals surface area contributed by atoms with Crippen molar-refractivity contribution in [2.75, 3.05) is 42.8 Å². The molecule has 166 valence electrons. The van der Waals surface area contributed by atoms with Crippen LogP contribution >= 0.6 is 0 Å². The number of nitrogens with one attached hydrogen (secondary N) is 3. The van der Waals surface area contributed by atoms with E-state index in [1.807, 2.05) is 49.4 Å². The first-order valence-corrected chi connectivity index (χ1v) is 10.3. The second-order valence-corrected chi connectivity index (χ2v) is 7.17. The van der Waals surface area contributed by atoms with E-state index < -0.39 is 0 Å². The molecule has 3 rings (SSSR count). The largest absolute Gasteiger partial charge is 0.491 e. The minimum absolute atomic E-state index is 0.101. The molecule has 0 spiro atoms. The summed E-state index contributed by atoms with van der Waals surface area (Å²) in [5.41, 5.74) is 3.74. The van der Waals surface area contributed by atoms with Crippen LogP contribution in [0.3, 0.4) is 0 Å². The molecule has 0 bridgehead atoms. The van der Waals surface area contributed by atoms with Gasteiger partial charge in [0.1, 0.15) is 12.4 Å². The Morgan fingerprint density at radius 2 is 1.56 bits per heavy atom. The zero-order valence-electron chi connectivity index (χ0n) is 18.2. The van der Waals surface area contributed by atoms with Gasteiger partial charge in [0.15, 0.2) is 0 Å². The van der Waals surface area contributed by atoms with Crippen molar-refractivity contribution in [3.8, 4) is 5.75 Å². The van der Waals surface area contributed by atoms with E-state index in [1.165, 1.54) is 0 Å². The quantitative estimate of drug-likeness (QED) is 0.414. The van der Waals surface area contributed by atoms with Crippen molar-refractivity contribution in [1.29, 1.82) is 0 Å². The van der Waals surface area contributed by atoms with Gasteiger partial charge in [-0.15, -0.1) is 0 Å². The van der Waals surface area contributed by atoms with E-state index in [2.05, 4.69) is 16.0 Å². The summed E-state index contributed by atoms with van der Waals surface area (Å²) in [4.78, 5) is 24.6. The van der Waals surface area contributed by atoms with Crippen molar-refractivity contribution >= 4 is 28.9 Å². The van der Waals surface area contributed by atoms with Crippen LogP contribution in [0.2, 0.25) is 0 Å². The van der Waals surface area contributed by atoms with Crippen LogP contribution in [0.4, 0.5) is 17.1 Å². The van der Waals surface area contributed by atoms with Crippen LogP contribution in [-0.2, 0) is 9.53 Å². The number of aryl methyl sites for hydroxylation is 1. The van der Waals surface area contributed by atoms with Crippen molar-refractivity contribution in [3.05, 3.63) is 83.9 Å². The molecular formula is C25H27N3O4. The van der Waals surface area contributed by atoms with Crippen molar-refractivity contribution < 1.29 is 19.1 Å². The molecule has 3 aromatic carbocycles. The summed E-state index contributed by atoms with van der Waals surface area (Å²) in [5, 5.41) is 8.77. The third kappa shape index (κ3) is 7.14. The van der Waals surface area contributed by atoms with E-state index in [4.69, 9.17) is 9.47 Å². The Labute approximate surface area is 187 Å². The topological polar surface area (TPSA) is 88.7 Å². The molecule has 3 aromatic rings. The first kappa shape index (κ1) is 22.8. The highest BCUT2D eigenvalue weighted by molar-refractivity contribution is 6.04. The van der Waals surface area contributed by atoms with E-state index >= 15 is 0 Å². The van der Waals surface area contributed by atoms with Crippen molar-refractivity contribution in [2.24, 2.45) is 0 Å². The molecule has 0 aliphatic heterocycles. The lowest BCUT2D eigenvalue weighted by Gasteiger charge is -2.11. The Kier molecular flexibility index (Phi) is 8.22. The van der Waals surface area contributed by atoms with Crippen LogP contribution in [0.1, 0.15) is 15.9 Å². The summed E-state index contributed by atoms with van der Waals surface area (Å²) in [6.45, 7) is 2.98. The molecule has 0 saturated heterocycles. The Bertz CT molecular complexity index is 1050. The van der Waals surface area contributed by atoms with Gasteiger partial charge in [-0.2, -0.15) is 0 Å². The van der Waals surface area contributed by atoms with Crippen LogP contribution in [0.15, 0.2) is 72.8 Å². The molecule has 0 aliphatic carbocycles. The van der Waals surface area contributed by atoms with Gasteiger partial charge in [0.2, 0.25) is 5.91 Å². The van der Waals surface area contributed by atoms with Gasteiger partial charge in [-0.1, -0.05) is 23.8 Å². The normalized spacial score (nSPS) is 10.3. The lowest BCUT2D eigenvalue weighted by molar-refractivity contribution is -0.114. The average Bonchev–Trinajstić information content (AvgIpc) is 2.79. The molecule has 7 nitrogen and oxygen atoms in total. The molecule has 0 unspecified atom stereocenters. The standard InChI is InChI=1S/C25H27N3O4/c1-18-5-3-6-19(15-18)25(30)28-21-11-9-20(10-12-21)26-17-24(29)27-22-7-4-8-23(16-22)32-14-13-31-2/h3-12,15-16,26H,13-14,17H2,1-2H3,(H,27,29)(H,28,30). The molecule has 32 heavy (non-hydrogen) atoms. The third-order valence-electron chi connectivity index (χ3n) is 4.55. The number of rotatable bonds is 10. The smallest absolute Gasteiger partial charge is 0.255 e. The molecule has 0 aliphatic rings. The van der Waals surface area contributed by atoms with Gasteiger partial charge in [-0.05, 0) is 55.5 Å². The molecule has 0 saturated carbocycles. The van der Waals surface area contributed by atoms with Gasteiger partial charge in [0, 0.05) is 35.8 Å². The first-order valence-electron chi connectivity index (χ1n) is 10.3. The number of benzene rings is 3. The van der Waals surface area contributed by atoms with E-state index in [-0.39, 0.29) is 18.4 Å². The predicted octanol–water partition coefficient (Wildman–Crippen LogP) is 4.32. The van der Waals surface area contributed by atoms with E-state index in [9.17, 15) is 9.59 Å². The van der Waals surface area contributed by atoms with E-state index in [0.29, 0.717) is 35.9 Å². The predicted molar refractivity (Wildman–Crippen MR) is 127 cm³/mol. The number of hydrogen-bond donors (Lipinski definition) is 3. The molecule has 0 fully saturated rings. The van der Waals surface area contributed by atoms with Gasteiger partial charge >= 0.3 is 0 Å². The molecule has 0 atom stereocenters. The van der Waals surface area contributed by atoms with Gasteiger partial charge in [0.25, 0.3) is 5.91 Å². The Balaban J connectivity index is 1.47. The summed E-state index contributed by atoms with van der Waals surface area (Å²) in [5.74, 6) is 0.314. The number of methoxy groups -OCH3 is 1. The Morgan fingerprint density at radius 3 is 2.31 bits per heavy atom. The van der Waals surface area contributed by atoms with Crippen LogP contribution < -0.4 is 20.7 Å². The number of ether oxygens (including phenoxy) is 2. The highest BCUT2D eigenvalue weighted by atomic mass is 16.5. The molecular weight excluding hydrogens is 406 g/mol. The lowest BCUT2D eigenvalue weighted by atomic mass is 10.1. The third-order valence-corrected chi connectivity index (χ3v) is 4.55. The van der Waals surface area contributed by atoms with Crippen molar-refractivity contribution in [1.82, 2.24) is 0 Å². The fourth-order valence-corrected chi connectivity index (χ4v) is 2.95. The minimum atomic E-state index is -0.184. The van der Waals surface area contributed by atoms with E-state index in [0.717, 1.165) is 11.3 Å². The van der Waals surface area contributed by atoms with E-state index in [1.54, 1.807) is 37.4 Å². The molecule has 2 amide bonds. The lowest BCUT2D eigenvalue weighted by Crippen LogP contribution is -2.21.